The Bertz CT molecular complexity index is 1160. The van der Waals surface area contributed by atoms with Crippen LogP contribution in [0.15, 0.2) is 18.2 Å². The molecule has 0 bridgehead atoms. The van der Waals surface area contributed by atoms with Gasteiger partial charge < -0.3 is 25.1 Å². The Morgan fingerprint density at radius 3 is 2.60 bits per heavy atom. The maximum absolute atomic E-state index is 13.4. The van der Waals surface area contributed by atoms with Crippen molar-refractivity contribution in [3.8, 4) is 0 Å². The van der Waals surface area contributed by atoms with Crippen molar-refractivity contribution >= 4 is 41.3 Å². The third kappa shape index (κ3) is 5.90. The van der Waals surface area contributed by atoms with E-state index in [1.807, 2.05) is 41.7 Å². The summed E-state index contributed by atoms with van der Waals surface area (Å²) in [6.45, 7) is 10.0. The lowest BCUT2D eigenvalue weighted by molar-refractivity contribution is -0.112. The van der Waals surface area contributed by atoms with Gasteiger partial charge >= 0.3 is 6.09 Å². The summed E-state index contributed by atoms with van der Waals surface area (Å²) < 4.78 is 18.6. The predicted octanol–water partition coefficient (Wildman–Crippen LogP) is 4.89. The normalized spacial score (nSPS) is 18.0. The van der Waals surface area contributed by atoms with Crippen LogP contribution in [0, 0.1) is 19.7 Å². The fourth-order valence-electron chi connectivity index (χ4n) is 4.22. The molecule has 1 fully saturated rings. The quantitative estimate of drug-likeness (QED) is 0.425. The fourth-order valence-corrected chi connectivity index (χ4v) is 4.22. The number of hydrogen-bond acceptors (Lipinski definition) is 5. The van der Waals surface area contributed by atoms with E-state index in [1.165, 1.54) is 17.0 Å². The van der Waals surface area contributed by atoms with Gasteiger partial charge in [0.25, 0.3) is 5.91 Å². The van der Waals surface area contributed by atoms with Crippen LogP contribution < -0.4 is 10.6 Å². The van der Waals surface area contributed by atoms with Crippen LogP contribution in [0.3, 0.4) is 0 Å². The van der Waals surface area contributed by atoms with Gasteiger partial charge in [0, 0.05) is 36.2 Å². The smallest absolute Gasteiger partial charge is 0.410 e. The molecule has 1 unspecified atom stereocenters. The number of halogens is 1. The molecule has 2 aliphatic heterocycles. The van der Waals surface area contributed by atoms with Crippen molar-refractivity contribution in [2.24, 2.45) is 0 Å². The number of carbonyl (C=O) groups excluding carboxylic acids is 3. The first-order valence-corrected chi connectivity index (χ1v) is 11.6. The molecule has 1 aromatic heterocycles. The second kappa shape index (κ2) is 10.3. The van der Waals surface area contributed by atoms with E-state index in [4.69, 9.17) is 4.74 Å². The number of hydrogen-bond donors (Lipinski definition) is 3. The summed E-state index contributed by atoms with van der Waals surface area (Å²) in [6, 6.07) is 4.01. The number of aryl methyl sites for hydroxylation is 1. The van der Waals surface area contributed by atoms with Crippen LogP contribution in [0.2, 0.25) is 0 Å². The van der Waals surface area contributed by atoms with E-state index < -0.39 is 5.60 Å². The largest absolute Gasteiger partial charge is 0.444 e. The molecule has 1 saturated heterocycles. The number of likely N-dealkylation sites (tertiary alicyclic amines) is 1. The van der Waals surface area contributed by atoms with Crippen LogP contribution in [-0.2, 0) is 14.3 Å². The molecule has 4 rings (SSSR count). The molecule has 188 valence electrons. The highest BCUT2D eigenvalue weighted by atomic mass is 19.1. The standard InChI is InChI=1S/C16H16FN3O.C10H17NO3/c1-8-14(19-9(2)15(8)18-3)7-12-11-6-10(17)4-5-13(11)20-16(12)21;1-10(2,3)14-9(13)11-6-4-5-8(11)7-12/h4-7,18-19H,1-3H3,(H,20,21);7-8H,4-6H2,1-3H3/b12-7-;. The first-order valence-electron chi connectivity index (χ1n) is 11.6. The van der Waals surface area contributed by atoms with Crippen molar-refractivity contribution in [3.63, 3.8) is 0 Å². The van der Waals surface area contributed by atoms with Gasteiger partial charge in [-0.15, -0.1) is 0 Å². The molecule has 2 amide bonds. The predicted molar refractivity (Wildman–Crippen MR) is 135 cm³/mol. The molecule has 0 aliphatic carbocycles. The molecule has 0 spiro atoms. The summed E-state index contributed by atoms with van der Waals surface area (Å²) >= 11 is 0. The molecule has 35 heavy (non-hydrogen) atoms. The van der Waals surface area contributed by atoms with Crippen LogP contribution >= 0.6 is 0 Å². The van der Waals surface area contributed by atoms with Crippen molar-refractivity contribution in [2.75, 3.05) is 24.2 Å². The highest BCUT2D eigenvalue weighted by Gasteiger charge is 2.31. The zero-order valence-corrected chi connectivity index (χ0v) is 21.0. The Morgan fingerprint density at radius 2 is 2.00 bits per heavy atom. The summed E-state index contributed by atoms with van der Waals surface area (Å²) in [5.74, 6) is -0.570. The highest BCUT2D eigenvalue weighted by Crippen LogP contribution is 2.35. The zero-order chi connectivity index (χ0) is 25.9. The lowest BCUT2D eigenvalue weighted by Gasteiger charge is -2.26. The average molecular weight is 485 g/mol. The minimum Gasteiger partial charge on any atom is -0.444 e. The van der Waals surface area contributed by atoms with Gasteiger partial charge in [-0.05, 0) is 77.3 Å². The molecule has 3 N–H and O–H groups in total. The number of anilines is 2. The first-order chi connectivity index (χ1) is 16.4. The number of aromatic amines is 1. The minimum absolute atomic E-state index is 0.215. The molecule has 0 saturated carbocycles. The summed E-state index contributed by atoms with van der Waals surface area (Å²) in [4.78, 5) is 39.0. The number of ether oxygens (including phenoxy) is 1. The number of H-pyrrole nitrogens is 1. The van der Waals surface area contributed by atoms with Gasteiger partial charge in [-0.3, -0.25) is 9.69 Å². The first kappa shape index (κ1) is 26.0. The molecule has 2 aliphatic rings. The number of carbonyl (C=O) groups is 3. The Kier molecular flexibility index (Phi) is 7.67. The third-order valence-electron chi connectivity index (χ3n) is 5.86. The molecule has 8 nitrogen and oxygen atoms in total. The van der Waals surface area contributed by atoms with Crippen molar-refractivity contribution in [1.82, 2.24) is 9.88 Å². The molecule has 0 radical (unpaired) electrons. The molecular weight excluding hydrogens is 451 g/mol. The van der Waals surface area contributed by atoms with Gasteiger partial charge in [0.1, 0.15) is 17.7 Å². The molecule has 1 atom stereocenters. The molecular formula is C26H33FN4O4. The van der Waals surface area contributed by atoms with E-state index in [9.17, 15) is 18.8 Å². The number of amides is 2. The molecule has 2 aromatic rings. The summed E-state index contributed by atoms with van der Waals surface area (Å²) in [6.07, 6.45) is 3.83. The lowest BCUT2D eigenvalue weighted by atomic mass is 10.0. The summed E-state index contributed by atoms with van der Waals surface area (Å²) in [5, 5.41) is 5.87. The van der Waals surface area contributed by atoms with E-state index in [0.29, 0.717) is 23.4 Å². The minimum atomic E-state index is -0.493. The number of nitrogens with one attached hydrogen (secondary N) is 3. The van der Waals surface area contributed by atoms with Crippen LogP contribution in [0.25, 0.3) is 11.6 Å². The highest BCUT2D eigenvalue weighted by molar-refractivity contribution is 6.34. The Labute approximate surface area is 204 Å². The second-order valence-corrected chi connectivity index (χ2v) is 9.64. The summed E-state index contributed by atoms with van der Waals surface area (Å²) in [7, 11) is 1.85. The topological polar surface area (TPSA) is 104 Å². The maximum atomic E-state index is 13.4. The number of aromatic nitrogens is 1. The second-order valence-electron chi connectivity index (χ2n) is 9.64. The Hall–Kier alpha value is -3.62. The van der Waals surface area contributed by atoms with Crippen LogP contribution in [0.5, 0.6) is 0 Å². The van der Waals surface area contributed by atoms with Gasteiger partial charge in [0.15, 0.2) is 0 Å². The van der Waals surface area contributed by atoms with Crippen LogP contribution in [0.1, 0.15) is 56.1 Å². The fraction of sp³-hybridized carbons (Fsp3) is 0.423. The lowest BCUT2D eigenvalue weighted by Crippen LogP contribution is -2.40. The van der Waals surface area contributed by atoms with Gasteiger partial charge in [0.2, 0.25) is 0 Å². The third-order valence-corrected chi connectivity index (χ3v) is 5.86. The van der Waals surface area contributed by atoms with E-state index in [1.54, 1.807) is 12.1 Å². The average Bonchev–Trinajstić information content (AvgIpc) is 3.44. The molecule has 3 heterocycles. The number of aldehydes is 1. The van der Waals surface area contributed by atoms with Crippen LogP contribution in [0.4, 0.5) is 20.6 Å². The SMILES string of the molecule is CC(C)(C)OC(=O)N1CCCC1C=O.CNc1c(C)[nH]c(/C=C2\C(=O)Nc3ccc(F)cc32)c1C. The van der Waals surface area contributed by atoms with Crippen molar-refractivity contribution in [3.05, 3.63) is 46.5 Å². The number of nitrogens with zero attached hydrogens (tertiary/aromatic N) is 1. The zero-order valence-electron chi connectivity index (χ0n) is 21.0. The van der Waals surface area contributed by atoms with Gasteiger partial charge in [-0.2, -0.15) is 0 Å². The maximum Gasteiger partial charge on any atom is 0.410 e. The summed E-state index contributed by atoms with van der Waals surface area (Å²) in [5.41, 5.74) is 5.10. The number of benzene rings is 1. The number of rotatable bonds is 3. The molecule has 9 heteroatoms. The van der Waals surface area contributed by atoms with Crippen molar-refractivity contribution in [2.45, 2.75) is 59.1 Å². The van der Waals surface area contributed by atoms with Crippen molar-refractivity contribution < 1.29 is 23.5 Å². The van der Waals surface area contributed by atoms with E-state index in [0.717, 1.165) is 41.8 Å². The Morgan fingerprint density at radius 1 is 1.29 bits per heavy atom. The van der Waals surface area contributed by atoms with E-state index in [2.05, 4.69) is 15.6 Å². The van der Waals surface area contributed by atoms with E-state index in [-0.39, 0.29) is 23.9 Å². The van der Waals surface area contributed by atoms with Gasteiger partial charge in [0.05, 0.1) is 17.3 Å². The van der Waals surface area contributed by atoms with Crippen LogP contribution in [-0.4, -0.2) is 53.4 Å². The van der Waals surface area contributed by atoms with Crippen molar-refractivity contribution in [1.29, 1.82) is 0 Å². The monoisotopic (exact) mass is 484 g/mol. The number of fused-ring (bicyclic) bond motifs is 1. The van der Waals surface area contributed by atoms with Gasteiger partial charge in [-0.25, -0.2) is 9.18 Å². The van der Waals surface area contributed by atoms with Gasteiger partial charge in [-0.1, -0.05) is 0 Å². The van der Waals surface area contributed by atoms with E-state index >= 15 is 0 Å². The Balaban J connectivity index is 0.000000214. The molecule has 1 aromatic carbocycles.